The summed E-state index contributed by atoms with van der Waals surface area (Å²) in [4.78, 5) is 24.4. The van der Waals surface area contributed by atoms with Gasteiger partial charge in [0.1, 0.15) is 5.78 Å². The lowest BCUT2D eigenvalue weighted by molar-refractivity contribution is -0.122. The lowest BCUT2D eigenvalue weighted by Crippen LogP contribution is -2.20. The molecule has 2 rings (SSSR count). The van der Waals surface area contributed by atoms with Gasteiger partial charge in [-0.15, -0.1) is 0 Å². The molecule has 0 amide bonds. The lowest BCUT2D eigenvalue weighted by Gasteiger charge is -2.20. The van der Waals surface area contributed by atoms with Crippen LogP contribution in [0.4, 0.5) is 0 Å². The van der Waals surface area contributed by atoms with Crippen LogP contribution in [0, 0.1) is 5.92 Å². The van der Waals surface area contributed by atoms with Gasteiger partial charge in [0, 0.05) is 11.5 Å². The van der Waals surface area contributed by atoms with Crippen molar-refractivity contribution in [3.05, 3.63) is 35.4 Å². The minimum atomic E-state index is -0.0361. The Morgan fingerprint density at radius 1 is 1.00 bits per heavy atom. The summed E-state index contributed by atoms with van der Waals surface area (Å²) in [7, 11) is 0. The van der Waals surface area contributed by atoms with Crippen LogP contribution in [-0.2, 0) is 10.2 Å². The van der Waals surface area contributed by atoms with Gasteiger partial charge in [-0.1, -0.05) is 64.3 Å². The van der Waals surface area contributed by atoms with E-state index in [9.17, 15) is 9.59 Å². The Kier molecular flexibility index (Phi) is 4.97. The fourth-order valence-corrected chi connectivity index (χ4v) is 2.99. The molecule has 0 saturated heterocycles. The number of carbonyl (C=O) groups is 2. The number of hydrogen-bond acceptors (Lipinski definition) is 2. The molecule has 0 N–H and O–H groups in total. The molecule has 1 saturated carbocycles. The van der Waals surface area contributed by atoms with Crippen molar-refractivity contribution in [1.29, 1.82) is 0 Å². The molecule has 0 bridgehead atoms. The van der Waals surface area contributed by atoms with Crippen molar-refractivity contribution in [1.82, 2.24) is 0 Å². The van der Waals surface area contributed by atoms with Gasteiger partial charge in [-0.2, -0.15) is 0 Å². The molecule has 0 aliphatic heterocycles. The van der Waals surface area contributed by atoms with E-state index in [1.807, 2.05) is 24.3 Å². The quantitative estimate of drug-likeness (QED) is 0.593. The summed E-state index contributed by atoms with van der Waals surface area (Å²) in [6.07, 6.45) is 5.49. The van der Waals surface area contributed by atoms with Crippen LogP contribution in [0.3, 0.4) is 0 Å². The molecule has 0 unspecified atom stereocenters. The van der Waals surface area contributed by atoms with E-state index in [1.54, 1.807) is 0 Å². The van der Waals surface area contributed by atoms with Crippen LogP contribution in [0.25, 0.3) is 0 Å². The number of carbonyl (C=O) groups excluding carboxylic acids is 2. The van der Waals surface area contributed by atoms with Gasteiger partial charge in [0.2, 0.25) is 0 Å². The second-order valence-corrected chi connectivity index (χ2v) is 7.23. The fraction of sp³-hybridized carbons (Fsp3) is 0.579. The molecule has 2 nitrogen and oxygen atoms in total. The van der Waals surface area contributed by atoms with Crippen molar-refractivity contribution in [3.8, 4) is 0 Å². The van der Waals surface area contributed by atoms with Gasteiger partial charge < -0.3 is 0 Å². The maximum Gasteiger partial charge on any atom is 0.170 e. The molecule has 1 aliphatic rings. The zero-order chi connectivity index (χ0) is 15.5. The Morgan fingerprint density at radius 2 is 1.57 bits per heavy atom. The SMILES string of the molecule is CC(C)(C)c1ccc(C(=O)CC(=O)C2CCCCC2)cc1. The molecule has 21 heavy (non-hydrogen) atoms. The van der Waals surface area contributed by atoms with E-state index < -0.39 is 0 Å². The number of Topliss-reactive ketones (excluding diaryl/α,β-unsaturated/α-hetero) is 2. The van der Waals surface area contributed by atoms with Gasteiger partial charge in [-0.05, 0) is 23.8 Å². The monoisotopic (exact) mass is 286 g/mol. The second-order valence-electron chi connectivity index (χ2n) is 7.23. The van der Waals surface area contributed by atoms with Crippen LogP contribution in [0.15, 0.2) is 24.3 Å². The summed E-state index contributed by atoms with van der Waals surface area (Å²) < 4.78 is 0. The van der Waals surface area contributed by atoms with Crippen LogP contribution >= 0.6 is 0 Å². The van der Waals surface area contributed by atoms with Gasteiger partial charge in [0.05, 0.1) is 6.42 Å². The number of ketones is 2. The van der Waals surface area contributed by atoms with E-state index >= 15 is 0 Å². The summed E-state index contributed by atoms with van der Waals surface area (Å²) in [5, 5.41) is 0. The summed E-state index contributed by atoms with van der Waals surface area (Å²) >= 11 is 0. The third kappa shape index (κ3) is 4.26. The molecule has 2 heteroatoms. The third-order valence-electron chi connectivity index (χ3n) is 4.47. The zero-order valence-electron chi connectivity index (χ0n) is 13.4. The van der Waals surface area contributed by atoms with Gasteiger partial charge in [-0.25, -0.2) is 0 Å². The Balaban J connectivity index is 1.98. The maximum atomic E-state index is 12.2. The first-order valence-corrected chi connectivity index (χ1v) is 8.04. The lowest BCUT2D eigenvalue weighted by atomic mass is 9.83. The smallest absolute Gasteiger partial charge is 0.170 e. The van der Waals surface area contributed by atoms with Crippen molar-refractivity contribution in [2.75, 3.05) is 0 Å². The summed E-state index contributed by atoms with van der Waals surface area (Å²) in [5.74, 6) is 0.224. The Bertz CT molecular complexity index is 499. The molecule has 1 fully saturated rings. The van der Waals surface area contributed by atoms with E-state index in [2.05, 4.69) is 20.8 Å². The molecule has 114 valence electrons. The predicted molar refractivity (Wildman–Crippen MR) is 85.7 cm³/mol. The minimum Gasteiger partial charge on any atom is -0.299 e. The van der Waals surface area contributed by atoms with Gasteiger partial charge >= 0.3 is 0 Å². The molecule has 1 aromatic carbocycles. The van der Waals surface area contributed by atoms with Crippen molar-refractivity contribution < 1.29 is 9.59 Å². The highest BCUT2D eigenvalue weighted by Crippen LogP contribution is 2.26. The van der Waals surface area contributed by atoms with Crippen LogP contribution in [-0.4, -0.2) is 11.6 Å². The highest BCUT2D eigenvalue weighted by atomic mass is 16.1. The van der Waals surface area contributed by atoms with Crippen LogP contribution in [0.5, 0.6) is 0 Å². The van der Waals surface area contributed by atoms with Crippen LogP contribution in [0.2, 0.25) is 0 Å². The zero-order valence-corrected chi connectivity index (χ0v) is 13.4. The molecule has 1 aromatic rings. The van der Waals surface area contributed by atoms with Gasteiger partial charge in [0.25, 0.3) is 0 Å². The molecule has 0 spiro atoms. The highest BCUT2D eigenvalue weighted by molar-refractivity contribution is 6.08. The van der Waals surface area contributed by atoms with Crippen molar-refractivity contribution in [2.24, 2.45) is 5.92 Å². The number of benzene rings is 1. The Labute approximate surface area is 127 Å². The minimum absolute atomic E-state index is 0.0361. The summed E-state index contributed by atoms with van der Waals surface area (Å²) in [6, 6.07) is 7.71. The number of hydrogen-bond donors (Lipinski definition) is 0. The molecule has 0 aromatic heterocycles. The van der Waals surface area contributed by atoms with Crippen LogP contribution in [0.1, 0.15) is 75.2 Å². The third-order valence-corrected chi connectivity index (χ3v) is 4.47. The van der Waals surface area contributed by atoms with E-state index in [1.165, 1.54) is 12.0 Å². The molecular formula is C19H26O2. The first-order valence-electron chi connectivity index (χ1n) is 8.04. The fourth-order valence-electron chi connectivity index (χ4n) is 2.99. The largest absolute Gasteiger partial charge is 0.299 e. The molecule has 1 aliphatic carbocycles. The molecular weight excluding hydrogens is 260 g/mol. The number of rotatable bonds is 4. The summed E-state index contributed by atoms with van der Waals surface area (Å²) in [5.41, 5.74) is 1.95. The summed E-state index contributed by atoms with van der Waals surface area (Å²) in [6.45, 7) is 6.45. The maximum absolute atomic E-state index is 12.2. The standard InChI is InChI=1S/C19H26O2/c1-19(2,3)16-11-9-15(10-12-16)18(21)13-17(20)14-7-5-4-6-8-14/h9-12,14H,4-8,13H2,1-3H3. The van der Waals surface area contributed by atoms with E-state index in [-0.39, 0.29) is 29.3 Å². The van der Waals surface area contributed by atoms with Gasteiger partial charge in [0.15, 0.2) is 5.78 Å². The van der Waals surface area contributed by atoms with E-state index in [0.717, 1.165) is 25.7 Å². The van der Waals surface area contributed by atoms with E-state index in [4.69, 9.17) is 0 Å². The molecule has 0 atom stereocenters. The van der Waals surface area contributed by atoms with Crippen molar-refractivity contribution in [2.45, 2.75) is 64.7 Å². The normalized spacial score (nSPS) is 16.7. The topological polar surface area (TPSA) is 34.1 Å². The molecule has 0 heterocycles. The average molecular weight is 286 g/mol. The molecule has 0 radical (unpaired) electrons. The Morgan fingerprint density at radius 3 is 2.10 bits per heavy atom. The highest BCUT2D eigenvalue weighted by Gasteiger charge is 2.23. The van der Waals surface area contributed by atoms with Gasteiger partial charge in [-0.3, -0.25) is 9.59 Å². The Hall–Kier alpha value is -1.44. The van der Waals surface area contributed by atoms with E-state index in [0.29, 0.717) is 5.56 Å². The first-order chi connectivity index (χ1) is 9.88. The second kappa shape index (κ2) is 6.55. The van der Waals surface area contributed by atoms with Crippen LogP contribution < -0.4 is 0 Å². The first kappa shape index (κ1) is 15.9. The van der Waals surface area contributed by atoms with Crippen molar-refractivity contribution in [3.63, 3.8) is 0 Å². The predicted octanol–water partition coefficient (Wildman–Crippen LogP) is 4.71. The van der Waals surface area contributed by atoms with Crippen molar-refractivity contribution >= 4 is 11.6 Å². The average Bonchev–Trinajstić information content (AvgIpc) is 2.47.